The van der Waals surface area contributed by atoms with Crippen LogP contribution in [-0.2, 0) is 16.0 Å². The van der Waals surface area contributed by atoms with E-state index < -0.39 is 11.6 Å². The Labute approximate surface area is 160 Å². The van der Waals surface area contributed by atoms with Crippen molar-refractivity contribution in [3.8, 4) is 5.75 Å². The largest absolute Gasteiger partial charge is 0.497 e. The van der Waals surface area contributed by atoms with Gasteiger partial charge in [0.1, 0.15) is 17.3 Å². The number of ether oxygens (including phenoxy) is 1. The second kappa shape index (κ2) is 8.33. The van der Waals surface area contributed by atoms with Gasteiger partial charge in [-0.3, -0.25) is 9.59 Å². The molecule has 142 valence electrons. The molecule has 0 unspecified atom stereocenters. The number of benzene rings is 1. The standard InChI is InChI=1S/C20H28N2O3S/c1-25-16-9-7-15(8-10-16)12-20(13-26)19(24)21-17(18(23)22-20)11-14-5-3-2-4-6-14/h7-10,14,17,26H,2-6,11-13H2,1H3,(H,21,24)(H,22,23)/t17-,20-/m0/s1. The molecule has 3 rings (SSSR count). The lowest BCUT2D eigenvalue weighted by atomic mass is 9.82. The summed E-state index contributed by atoms with van der Waals surface area (Å²) < 4.78 is 5.17. The topological polar surface area (TPSA) is 67.4 Å². The molecule has 1 aliphatic carbocycles. The van der Waals surface area contributed by atoms with E-state index in [4.69, 9.17) is 4.74 Å². The van der Waals surface area contributed by atoms with Crippen molar-refractivity contribution in [2.24, 2.45) is 5.92 Å². The van der Waals surface area contributed by atoms with Crippen LogP contribution in [0.1, 0.15) is 44.1 Å². The van der Waals surface area contributed by atoms with Gasteiger partial charge in [0.2, 0.25) is 11.8 Å². The second-order valence-corrected chi connectivity index (χ2v) is 7.84. The number of piperazine rings is 1. The van der Waals surface area contributed by atoms with E-state index in [1.54, 1.807) is 7.11 Å². The highest BCUT2D eigenvalue weighted by Gasteiger charge is 2.46. The summed E-state index contributed by atoms with van der Waals surface area (Å²) in [4.78, 5) is 25.6. The monoisotopic (exact) mass is 376 g/mol. The number of carbonyl (C=O) groups is 2. The Balaban J connectivity index is 1.68. The van der Waals surface area contributed by atoms with Gasteiger partial charge in [-0.2, -0.15) is 12.6 Å². The highest BCUT2D eigenvalue weighted by atomic mass is 32.1. The molecule has 2 atom stereocenters. The summed E-state index contributed by atoms with van der Waals surface area (Å²) >= 11 is 4.38. The van der Waals surface area contributed by atoms with E-state index in [9.17, 15) is 9.59 Å². The molecule has 1 aliphatic heterocycles. The van der Waals surface area contributed by atoms with Gasteiger partial charge >= 0.3 is 0 Å². The lowest BCUT2D eigenvalue weighted by Gasteiger charge is -2.40. The third-order valence-electron chi connectivity index (χ3n) is 5.65. The summed E-state index contributed by atoms with van der Waals surface area (Å²) in [5.41, 5.74) is -0.0428. The Bertz CT molecular complexity index is 643. The lowest BCUT2D eigenvalue weighted by molar-refractivity contribution is -0.141. The fourth-order valence-corrected chi connectivity index (χ4v) is 4.38. The third kappa shape index (κ3) is 4.17. The number of amides is 2. The number of thiol groups is 1. The molecule has 2 amide bonds. The lowest BCUT2D eigenvalue weighted by Crippen LogP contribution is -2.71. The number of hydrogen-bond acceptors (Lipinski definition) is 4. The number of carbonyl (C=O) groups excluding carboxylic acids is 2. The molecule has 0 bridgehead atoms. The zero-order valence-corrected chi connectivity index (χ0v) is 16.2. The van der Waals surface area contributed by atoms with Crippen LogP contribution in [0.25, 0.3) is 0 Å². The molecule has 1 saturated heterocycles. The van der Waals surface area contributed by atoms with Crippen molar-refractivity contribution in [2.75, 3.05) is 12.9 Å². The first-order chi connectivity index (χ1) is 12.6. The van der Waals surface area contributed by atoms with Gasteiger partial charge < -0.3 is 15.4 Å². The molecule has 2 aliphatic rings. The van der Waals surface area contributed by atoms with E-state index in [1.165, 1.54) is 19.3 Å². The maximum absolute atomic E-state index is 12.9. The average Bonchev–Trinajstić information content (AvgIpc) is 2.67. The van der Waals surface area contributed by atoms with Crippen molar-refractivity contribution in [1.29, 1.82) is 0 Å². The predicted octanol–water partition coefficient (Wildman–Crippen LogP) is 2.49. The van der Waals surface area contributed by atoms with E-state index in [2.05, 4.69) is 23.3 Å². The van der Waals surface area contributed by atoms with Crippen LogP contribution in [0.5, 0.6) is 5.75 Å². The van der Waals surface area contributed by atoms with Gasteiger partial charge in [-0.1, -0.05) is 44.2 Å². The van der Waals surface area contributed by atoms with Gasteiger partial charge in [0.05, 0.1) is 7.11 Å². The van der Waals surface area contributed by atoms with Gasteiger partial charge in [0, 0.05) is 12.2 Å². The van der Waals surface area contributed by atoms with Gasteiger partial charge in [-0.25, -0.2) is 0 Å². The minimum Gasteiger partial charge on any atom is -0.497 e. The third-order valence-corrected chi connectivity index (χ3v) is 6.19. The van der Waals surface area contributed by atoms with Crippen LogP contribution >= 0.6 is 12.6 Å². The molecule has 6 heteroatoms. The zero-order valence-electron chi connectivity index (χ0n) is 15.3. The maximum atomic E-state index is 12.9. The van der Waals surface area contributed by atoms with Crippen LogP contribution in [0.4, 0.5) is 0 Å². The Hall–Kier alpha value is -1.69. The second-order valence-electron chi connectivity index (χ2n) is 7.52. The van der Waals surface area contributed by atoms with Gasteiger partial charge in [-0.15, -0.1) is 0 Å². The highest BCUT2D eigenvalue weighted by Crippen LogP contribution is 2.29. The van der Waals surface area contributed by atoms with E-state index >= 15 is 0 Å². The molecule has 1 heterocycles. The molecular weight excluding hydrogens is 348 g/mol. The Morgan fingerprint density at radius 1 is 1.15 bits per heavy atom. The normalized spacial score (nSPS) is 26.9. The molecule has 1 aromatic rings. The van der Waals surface area contributed by atoms with Gasteiger partial charge in [-0.05, 0) is 30.0 Å². The molecule has 0 aromatic heterocycles. The smallest absolute Gasteiger partial charge is 0.247 e. The summed E-state index contributed by atoms with van der Waals surface area (Å²) in [6.45, 7) is 0. The Morgan fingerprint density at radius 2 is 1.85 bits per heavy atom. The van der Waals surface area contributed by atoms with Crippen molar-refractivity contribution in [3.63, 3.8) is 0 Å². The van der Waals surface area contributed by atoms with E-state index in [0.717, 1.165) is 30.6 Å². The molecule has 1 aromatic carbocycles. The van der Waals surface area contributed by atoms with Crippen LogP contribution in [0.15, 0.2) is 24.3 Å². The first-order valence-electron chi connectivity index (χ1n) is 9.43. The first-order valence-corrected chi connectivity index (χ1v) is 10.1. The fourth-order valence-electron chi connectivity index (χ4n) is 4.05. The van der Waals surface area contributed by atoms with Crippen LogP contribution in [-0.4, -0.2) is 36.3 Å². The zero-order chi connectivity index (χ0) is 18.6. The van der Waals surface area contributed by atoms with Crippen LogP contribution in [0.3, 0.4) is 0 Å². The van der Waals surface area contributed by atoms with Crippen LogP contribution in [0.2, 0.25) is 0 Å². The summed E-state index contributed by atoms with van der Waals surface area (Å²) in [6, 6.07) is 7.12. The minimum atomic E-state index is -1.00. The SMILES string of the molecule is COc1ccc(C[C@@]2(CS)NC(=O)[C@H](CC3CCCCC3)NC2=O)cc1. The molecule has 2 N–H and O–H groups in total. The molecule has 5 nitrogen and oxygen atoms in total. The Kier molecular flexibility index (Phi) is 6.12. The van der Waals surface area contributed by atoms with Crippen molar-refractivity contribution < 1.29 is 14.3 Å². The highest BCUT2D eigenvalue weighted by molar-refractivity contribution is 7.80. The Morgan fingerprint density at radius 3 is 2.46 bits per heavy atom. The molecule has 0 radical (unpaired) electrons. The van der Waals surface area contributed by atoms with Crippen molar-refractivity contribution in [3.05, 3.63) is 29.8 Å². The van der Waals surface area contributed by atoms with Crippen LogP contribution < -0.4 is 15.4 Å². The number of rotatable bonds is 6. The fraction of sp³-hybridized carbons (Fsp3) is 0.600. The number of methoxy groups -OCH3 is 1. The number of nitrogens with one attached hydrogen (secondary N) is 2. The summed E-state index contributed by atoms with van der Waals surface area (Å²) in [7, 11) is 1.62. The molecule has 0 spiro atoms. The van der Waals surface area contributed by atoms with Crippen molar-refractivity contribution in [2.45, 2.75) is 56.5 Å². The minimum absolute atomic E-state index is 0.0854. The van der Waals surface area contributed by atoms with Gasteiger partial charge in [0.15, 0.2) is 0 Å². The number of hydrogen-bond donors (Lipinski definition) is 3. The first kappa shape index (κ1) is 19.1. The average molecular weight is 377 g/mol. The van der Waals surface area contributed by atoms with E-state index in [1.807, 2.05) is 24.3 Å². The van der Waals surface area contributed by atoms with Gasteiger partial charge in [0.25, 0.3) is 0 Å². The molecule has 2 fully saturated rings. The van der Waals surface area contributed by atoms with E-state index in [0.29, 0.717) is 12.3 Å². The maximum Gasteiger partial charge on any atom is 0.247 e. The molecular formula is C20H28N2O3S. The predicted molar refractivity (Wildman–Crippen MR) is 105 cm³/mol. The quantitative estimate of drug-likeness (QED) is 0.668. The van der Waals surface area contributed by atoms with Crippen molar-refractivity contribution in [1.82, 2.24) is 10.6 Å². The van der Waals surface area contributed by atoms with E-state index in [-0.39, 0.29) is 17.6 Å². The summed E-state index contributed by atoms with van der Waals surface area (Å²) in [5.74, 6) is 1.33. The van der Waals surface area contributed by atoms with Crippen LogP contribution in [0, 0.1) is 5.92 Å². The summed E-state index contributed by atoms with van der Waals surface area (Å²) in [5, 5.41) is 5.96. The molecule has 1 saturated carbocycles. The summed E-state index contributed by atoms with van der Waals surface area (Å²) in [6.07, 6.45) is 7.20. The molecule has 26 heavy (non-hydrogen) atoms. The van der Waals surface area contributed by atoms with Crippen molar-refractivity contribution >= 4 is 24.4 Å².